The van der Waals surface area contributed by atoms with E-state index in [9.17, 15) is 14.4 Å². The number of amides is 3. The monoisotopic (exact) mass is 514 g/mol. The van der Waals surface area contributed by atoms with Crippen molar-refractivity contribution < 1.29 is 28.6 Å². The lowest BCUT2D eigenvalue weighted by Crippen LogP contribution is -2.51. The second kappa shape index (κ2) is 7.76. The minimum atomic E-state index is -1.41. The van der Waals surface area contributed by atoms with Crippen LogP contribution in [0.3, 0.4) is 0 Å². The number of halogens is 1. The van der Waals surface area contributed by atoms with Gasteiger partial charge in [0.05, 0.1) is 38.0 Å². The van der Waals surface area contributed by atoms with E-state index in [0.717, 1.165) is 14.9 Å². The zero-order valence-corrected chi connectivity index (χ0v) is 20.0. The molecule has 8 nitrogen and oxygen atoms in total. The molecule has 0 aliphatic carbocycles. The number of nitrogens with zero attached hydrogens (tertiary/aromatic N) is 2. The van der Waals surface area contributed by atoms with E-state index in [1.165, 1.54) is 0 Å². The third kappa shape index (κ3) is 2.98. The summed E-state index contributed by atoms with van der Waals surface area (Å²) in [6.07, 6.45) is 0. The summed E-state index contributed by atoms with van der Waals surface area (Å²) >= 11 is 3.38. The van der Waals surface area contributed by atoms with E-state index < -0.39 is 41.3 Å². The van der Waals surface area contributed by atoms with Gasteiger partial charge < -0.3 is 19.1 Å². The Morgan fingerprint density at radius 3 is 2.61 bits per heavy atom. The van der Waals surface area contributed by atoms with Crippen molar-refractivity contribution in [2.75, 3.05) is 25.2 Å². The van der Waals surface area contributed by atoms with Crippen molar-refractivity contribution in [3.63, 3.8) is 0 Å². The molecule has 0 bridgehead atoms. The molecule has 2 fully saturated rings. The summed E-state index contributed by atoms with van der Waals surface area (Å²) in [6, 6.07) is 11.3. The van der Waals surface area contributed by atoms with Crippen molar-refractivity contribution in [1.82, 2.24) is 4.90 Å². The quantitative estimate of drug-likeness (QED) is 0.453. The molecule has 172 valence electrons. The number of imide groups is 1. The summed E-state index contributed by atoms with van der Waals surface area (Å²) in [7, 11) is 1.57. The Labute approximate surface area is 199 Å². The minimum absolute atomic E-state index is 0.177. The van der Waals surface area contributed by atoms with Gasteiger partial charge in [-0.2, -0.15) is 0 Å². The van der Waals surface area contributed by atoms with E-state index in [1.807, 2.05) is 6.07 Å². The number of esters is 1. The molecule has 0 aromatic heterocycles. The third-order valence-electron chi connectivity index (χ3n) is 6.85. The summed E-state index contributed by atoms with van der Waals surface area (Å²) in [4.78, 5) is 43.6. The first kappa shape index (κ1) is 21.8. The second-order valence-corrected chi connectivity index (χ2v) is 9.39. The lowest BCUT2D eigenvalue weighted by molar-refractivity contribution is -0.154. The summed E-state index contributed by atoms with van der Waals surface area (Å²) in [6.45, 7) is 3.74. The molecule has 0 radical (unpaired) electrons. The highest BCUT2D eigenvalue weighted by Crippen LogP contribution is 2.58. The molecule has 4 atom stereocenters. The van der Waals surface area contributed by atoms with Gasteiger partial charge in [0.1, 0.15) is 17.0 Å². The maximum atomic E-state index is 13.9. The van der Waals surface area contributed by atoms with Crippen LogP contribution in [0.4, 0.5) is 10.5 Å². The highest BCUT2D eigenvalue weighted by molar-refractivity contribution is 9.10. The van der Waals surface area contributed by atoms with Gasteiger partial charge in [-0.25, -0.2) is 9.69 Å². The Bertz CT molecular complexity index is 1150. The summed E-state index contributed by atoms with van der Waals surface area (Å²) in [5.74, 6) is -1.04. The van der Waals surface area contributed by atoms with Crippen LogP contribution in [-0.4, -0.2) is 48.7 Å². The predicted molar refractivity (Wildman–Crippen MR) is 122 cm³/mol. The van der Waals surface area contributed by atoms with Gasteiger partial charge in [0.15, 0.2) is 0 Å². The Balaban J connectivity index is 1.66. The summed E-state index contributed by atoms with van der Waals surface area (Å²) < 4.78 is 17.5. The Hall–Kier alpha value is -3.07. The SMILES string of the molecule is CCOC(=O)C1C2COc3cc(OC)ccc3C2N2C(=O)N(c3ccc(Br)cc3)C(=O)[C@]12C. The number of anilines is 1. The Morgan fingerprint density at radius 1 is 1.21 bits per heavy atom. The van der Waals surface area contributed by atoms with Gasteiger partial charge in [0.2, 0.25) is 0 Å². The average molecular weight is 515 g/mol. The van der Waals surface area contributed by atoms with Gasteiger partial charge in [-0.15, -0.1) is 0 Å². The van der Waals surface area contributed by atoms with E-state index >= 15 is 0 Å². The number of ether oxygens (including phenoxy) is 3. The number of hydrogen-bond donors (Lipinski definition) is 0. The van der Waals surface area contributed by atoms with Gasteiger partial charge in [0.25, 0.3) is 5.91 Å². The molecular formula is C24H23BrN2O6. The molecule has 9 heteroatoms. The van der Waals surface area contributed by atoms with E-state index in [2.05, 4.69) is 15.9 Å². The topological polar surface area (TPSA) is 85.4 Å². The summed E-state index contributed by atoms with van der Waals surface area (Å²) in [5.41, 5.74) is -0.217. The van der Waals surface area contributed by atoms with Crippen LogP contribution >= 0.6 is 15.9 Å². The van der Waals surface area contributed by atoms with Crippen molar-refractivity contribution in [3.8, 4) is 11.5 Å². The van der Waals surface area contributed by atoms with Crippen molar-refractivity contribution in [1.29, 1.82) is 0 Å². The van der Waals surface area contributed by atoms with Gasteiger partial charge in [-0.05, 0) is 50.2 Å². The highest BCUT2D eigenvalue weighted by Gasteiger charge is 2.72. The third-order valence-corrected chi connectivity index (χ3v) is 7.38. The number of methoxy groups -OCH3 is 1. The predicted octanol–water partition coefficient (Wildman–Crippen LogP) is 3.93. The molecule has 0 spiro atoms. The lowest BCUT2D eigenvalue weighted by Gasteiger charge is -2.34. The fourth-order valence-electron chi connectivity index (χ4n) is 5.41. The second-order valence-electron chi connectivity index (χ2n) is 8.47. The molecule has 2 aromatic carbocycles. The molecule has 2 saturated heterocycles. The van der Waals surface area contributed by atoms with Crippen LogP contribution in [0.2, 0.25) is 0 Å². The smallest absolute Gasteiger partial charge is 0.332 e. The van der Waals surface area contributed by atoms with Gasteiger partial charge in [-0.1, -0.05) is 15.9 Å². The first-order valence-corrected chi connectivity index (χ1v) is 11.5. The zero-order valence-electron chi connectivity index (χ0n) is 18.4. The van der Waals surface area contributed by atoms with Gasteiger partial charge >= 0.3 is 12.0 Å². The van der Waals surface area contributed by atoms with Crippen molar-refractivity contribution in [2.45, 2.75) is 25.4 Å². The Kier molecular flexibility index (Phi) is 5.12. The number of hydrogen-bond acceptors (Lipinski definition) is 6. The molecule has 0 N–H and O–H groups in total. The first-order chi connectivity index (χ1) is 15.8. The number of urea groups is 1. The number of carbonyl (C=O) groups excluding carboxylic acids is 3. The molecule has 3 aliphatic rings. The molecule has 2 aromatic rings. The van der Waals surface area contributed by atoms with E-state index in [1.54, 1.807) is 62.3 Å². The molecule has 3 aliphatic heterocycles. The largest absolute Gasteiger partial charge is 0.497 e. The highest BCUT2D eigenvalue weighted by atomic mass is 79.9. The van der Waals surface area contributed by atoms with E-state index in [-0.39, 0.29) is 13.2 Å². The molecule has 5 rings (SSSR count). The molecular weight excluding hydrogens is 492 g/mol. The van der Waals surface area contributed by atoms with Crippen molar-refractivity contribution in [3.05, 3.63) is 52.5 Å². The van der Waals surface area contributed by atoms with Crippen LogP contribution in [0.15, 0.2) is 46.9 Å². The number of carbonyl (C=O) groups is 3. The fourth-order valence-corrected chi connectivity index (χ4v) is 5.68. The van der Waals surface area contributed by atoms with Gasteiger partial charge in [-0.3, -0.25) is 9.59 Å². The van der Waals surface area contributed by atoms with Crippen molar-refractivity contribution in [2.24, 2.45) is 11.8 Å². The van der Waals surface area contributed by atoms with E-state index in [0.29, 0.717) is 17.2 Å². The Morgan fingerprint density at radius 2 is 1.94 bits per heavy atom. The van der Waals surface area contributed by atoms with Crippen LogP contribution in [0, 0.1) is 11.8 Å². The van der Waals surface area contributed by atoms with E-state index in [4.69, 9.17) is 14.2 Å². The average Bonchev–Trinajstić information content (AvgIpc) is 3.19. The summed E-state index contributed by atoms with van der Waals surface area (Å²) in [5, 5.41) is 0. The maximum absolute atomic E-state index is 13.9. The lowest BCUT2D eigenvalue weighted by atomic mass is 9.77. The molecule has 3 heterocycles. The standard InChI is InChI=1S/C24H23BrN2O6/c1-4-32-21(28)19-17-12-33-18-11-15(31-3)9-10-16(18)20(17)27-23(30)26(22(29)24(19,27)2)14-7-5-13(25)6-8-14/h5-11,17,19-20H,4,12H2,1-3H3/t17?,19?,20?,24-/m0/s1. The molecule has 33 heavy (non-hydrogen) atoms. The molecule has 3 amide bonds. The van der Waals surface area contributed by atoms with Gasteiger partial charge in [0, 0.05) is 22.0 Å². The molecule has 3 unspecified atom stereocenters. The van der Waals surface area contributed by atoms with Crippen LogP contribution in [0.1, 0.15) is 25.5 Å². The minimum Gasteiger partial charge on any atom is -0.497 e. The maximum Gasteiger partial charge on any atom is 0.332 e. The zero-order chi connectivity index (χ0) is 23.5. The van der Waals surface area contributed by atoms with Crippen LogP contribution in [-0.2, 0) is 14.3 Å². The van der Waals surface area contributed by atoms with Crippen LogP contribution in [0.5, 0.6) is 11.5 Å². The van der Waals surface area contributed by atoms with Crippen LogP contribution in [0.25, 0.3) is 0 Å². The van der Waals surface area contributed by atoms with Crippen LogP contribution < -0.4 is 14.4 Å². The fraction of sp³-hybridized carbons (Fsp3) is 0.375. The normalized spacial score (nSPS) is 27.6. The number of fused-ring (bicyclic) bond motifs is 5. The first-order valence-electron chi connectivity index (χ1n) is 10.7. The molecule has 0 saturated carbocycles. The number of benzene rings is 2. The van der Waals surface area contributed by atoms with Crippen molar-refractivity contribution >= 4 is 39.5 Å². The number of rotatable bonds is 4.